The van der Waals surface area contributed by atoms with Crippen molar-refractivity contribution in [1.82, 2.24) is 14.9 Å². The second-order valence-corrected chi connectivity index (χ2v) is 7.35. The molecule has 0 spiro atoms. The van der Waals surface area contributed by atoms with Crippen LogP contribution in [0.1, 0.15) is 38.3 Å². The van der Waals surface area contributed by atoms with Gasteiger partial charge in [0.05, 0.1) is 12.0 Å². The molecule has 3 nitrogen and oxygen atoms in total. The third-order valence-corrected chi connectivity index (χ3v) is 4.65. The van der Waals surface area contributed by atoms with Crippen LogP contribution in [0.15, 0.2) is 30.0 Å². The molecule has 0 aliphatic carbocycles. The van der Waals surface area contributed by atoms with Gasteiger partial charge < -0.3 is 9.88 Å². The van der Waals surface area contributed by atoms with Gasteiger partial charge >= 0.3 is 0 Å². The van der Waals surface area contributed by atoms with Gasteiger partial charge in [0, 0.05) is 29.6 Å². The van der Waals surface area contributed by atoms with Crippen LogP contribution >= 0.6 is 11.3 Å². The van der Waals surface area contributed by atoms with Gasteiger partial charge in [-0.25, -0.2) is 4.98 Å². The Morgan fingerprint density at radius 1 is 1.40 bits per heavy atom. The zero-order valence-electron chi connectivity index (χ0n) is 12.9. The first-order valence-electron chi connectivity index (χ1n) is 7.23. The van der Waals surface area contributed by atoms with Gasteiger partial charge in [-0.2, -0.15) is 0 Å². The molecule has 2 rings (SSSR count). The van der Waals surface area contributed by atoms with Gasteiger partial charge in [-0.3, -0.25) is 0 Å². The van der Waals surface area contributed by atoms with Crippen molar-refractivity contribution in [3.8, 4) is 0 Å². The second-order valence-electron chi connectivity index (χ2n) is 6.40. The average Bonchev–Trinajstić information content (AvgIpc) is 3.00. The smallest absolute Gasteiger partial charge is 0.0948 e. The van der Waals surface area contributed by atoms with Crippen molar-refractivity contribution in [2.24, 2.45) is 5.92 Å². The minimum absolute atomic E-state index is 0.141. The van der Waals surface area contributed by atoms with E-state index in [1.807, 2.05) is 23.9 Å². The molecule has 0 unspecified atom stereocenters. The van der Waals surface area contributed by atoms with Gasteiger partial charge in [0.2, 0.25) is 0 Å². The molecule has 20 heavy (non-hydrogen) atoms. The van der Waals surface area contributed by atoms with E-state index in [1.165, 1.54) is 10.6 Å². The van der Waals surface area contributed by atoms with E-state index in [0.29, 0.717) is 5.92 Å². The lowest BCUT2D eigenvalue weighted by atomic mass is 9.91. The fraction of sp³-hybridized carbons (Fsp3) is 0.562. The molecule has 0 atom stereocenters. The Morgan fingerprint density at radius 3 is 2.85 bits per heavy atom. The molecule has 0 aromatic carbocycles. The molecule has 0 radical (unpaired) electrons. The zero-order chi connectivity index (χ0) is 14.6. The van der Waals surface area contributed by atoms with Crippen LogP contribution in [0.4, 0.5) is 0 Å². The molecule has 0 bridgehead atoms. The first-order valence-corrected chi connectivity index (χ1v) is 8.11. The van der Waals surface area contributed by atoms with Gasteiger partial charge in [-0.15, -0.1) is 11.3 Å². The molecule has 0 saturated carbocycles. The molecule has 0 fully saturated rings. The van der Waals surface area contributed by atoms with Crippen molar-refractivity contribution in [3.05, 3.63) is 40.6 Å². The van der Waals surface area contributed by atoms with Crippen molar-refractivity contribution in [1.29, 1.82) is 0 Å². The number of nitrogens with zero attached hydrogens (tertiary/aromatic N) is 2. The summed E-state index contributed by atoms with van der Waals surface area (Å²) in [6, 6.07) is 4.35. The van der Waals surface area contributed by atoms with Gasteiger partial charge in [-0.1, -0.05) is 33.8 Å². The van der Waals surface area contributed by atoms with Crippen LogP contribution in [-0.4, -0.2) is 16.1 Å². The van der Waals surface area contributed by atoms with E-state index in [9.17, 15) is 0 Å². The Labute approximate surface area is 126 Å². The minimum atomic E-state index is 0.141. The number of hydrogen-bond acceptors (Lipinski definition) is 3. The molecule has 0 aliphatic rings. The molecule has 2 aromatic rings. The molecule has 2 heterocycles. The lowest BCUT2D eigenvalue weighted by molar-refractivity contribution is 0.428. The molecule has 0 amide bonds. The van der Waals surface area contributed by atoms with E-state index in [2.05, 4.69) is 60.1 Å². The zero-order valence-corrected chi connectivity index (χ0v) is 13.7. The van der Waals surface area contributed by atoms with Crippen molar-refractivity contribution in [3.63, 3.8) is 0 Å². The first kappa shape index (κ1) is 15.3. The van der Waals surface area contributed by atoms with Crippen LogP contribution in [0.25, 0.3) is 0 Å². The fourth-order valence-electron chi connectivity index (χ4n) is 2.29. The Balaban J connectivity index is 2.01. The molecular weight excluding hydrogens is 266 g/mol. The summed E-state index contributed by atoms with van der Waals surface area (Å²) < 4.78 is 2.27. The van der Waals surface area contributed by atoms with Gasteiger partial charge in [0.15, 0.2) is 0 Å². The van der Waals surface area contributed by atoms with E-state index in [-0.39, 0.29) is 5.41 Å². The molecule has 1 N–H and O–H groups in total. The van der Waals surface area contributed by atoms with Gasteiger partial charge in [0.1, 0.15) is 0 Å². The predicted molar refractivity (Wildman–Crippen MR) is 86.1 cm³/mol. The third kappa shape index (κ3) is 3.93. The number of nitrogens with one attached hydrogen (secondary N) is 1. The number of aromatic nitrogens is 2. The van der Waals surface area contributed by atoms with Crippen molar-refractivity contribution < 1.29 is 0 Å². The predicted octanol–water partition coefficient (Wildman–Crippen LogP) is 3.67. The summed E-state index contributed by atoms with van der Waals surface area (Å²) in [5.41, 5.74) is 1.40. The number of thiophene rings is 1. The normalized spacial score (nSPS) is 12.2. The lowest BCUT2D eigenvalue weighted by Gasteiger charge is -2.25. The third-order valence-electron chi connectivity index (χ3n) is 3.41. The largest absolute Gasteiger partial charge is 0.333 e. The first-order chi connectivity index (χ1) is 9.49. The highest BCUT2D eigenvalue weighted by molar-refractivity contribution is 7.10. The highest BCUT2D eigenvalue weighted by Crippen LogP contribution is 2.29. The van der Waals surface area contributed by atoms with E-state index >= 15 is 0 Å². The number of hydrogen-bond donors (Lipinski definition) is 1. The molecule has 0 aliphatic heterocycles. The SMILES string of the molecule is CC(C)CNCc1cncn1CC(C)(C)c1cccs1. The number of rotatable bonds is 7. The Hall–Kier alpha value is -1.13. The van der Waals surface area contributed by atoms with E-state index in [1.54, 1.807) is 0 Å². The molecule has 4 heteroatoms. The van der Waals surface area contributed by atoms with Crippen LogP contribution in [0, 0.1) is 5.92 Å². The summed E-state index contributed by atoms with van der Waals surface area (Å²) in [5.74, 6) is 0.675. The highest BCUT2D eigenvalue weighted by atomic mass is 32.1. The maximum atomic E-state index is 4.31. The molecule has 110 valence electrons. The van der Waals surface area contributed by atoms with E-state index < -0.39 is 0 Å². The second kappa shape index (κ2) is 6.55. The monoisotopic (exact) mass is 291 g/mol. The summed E-state index contributed by atoms with van der Waals surface area (Å²) in [6.07, 6.45) is 3.92. The summed E-state index contributed by atoms with van der Waals surface area (Å²) in [6.45, 7) is 11.9. The van der Waals surface area contributed by atoms with E-state index in [0.717, 1.165) is 19.6 Å². The molecular formula is C16H25N3S. The lowest BCUT2D eigenvalue weighted by Crippen LogP contribution is -2.26. The molecule has 2 aromatic heterocycles. The fourth-order valence-corrected chi connectivity index (χ4v) is 3.14. The van der Waals surface area contributed by atoms with Crippen LogP contribution in [0.2, 0.25) is 0 Å². The highest BCUT2D eigenvalue weighted by Gasteiger charge is 2.23. The maximum Gasteiger partial charge on any atom is 0.0948 e. The Kier molecular flexibility index (Phi) is 5.00. The Morgan fingerprint density at radius 2 is 2.20 bits per heavy atom. The Bertz CT molecular complexity index is 512. The van der Waals surface area contributed by atoms with E-state index in [4.69, 9.17) is 0 Å². The summed E-state index contributed by atoms with van der Waals surface area (Å²) in [7, 11) is 0. The number of imidazole rings is 1. The summed E-state index contributed by atoms with van der Waals surface area (Å²) in [5, 5.41) is 5.64. The average molecular weight is 291 g/mol. The van der Waals surface area contributed by atoms with Crippen molar-refractivity contribution >= 4 is 11.3 Å². The summed E-state index contributed by atoms with van der Waals surface area (Å²) >= 11 is 1.83. The van der Waals surface area contributed by atoms with Crippen LogP contribution in [0.3, 0.4) is 0 Å². The van der Waals surface area contributed by atoms with Crippen LogP contribution in [0.5, 0.6) is 0 Å². The quantitative estimate of drug-likeness (QED) is 0.843. The maximum absolute atomic E-state index is 4.31. The standard InChI is InChI=1S/C16H25N3S/c1-13(2)8-17-9-14-10-18-12-19(14)11-16(3,4)15-6-5-7-20-15/h5-7,10,12-13,17H,8-9,11H2,1-4H3. The minimum Gasteiger partial charge on any atom is -0.333 e. The van der Waals surface area contributed by atoms with Crippen LogP contribution < -0.4 is 5.32 Å². The van der Waals surface area contributed by atoms with Crippen molar-refractivity contribution in [2.75, 3.05) is 6.54 Å². The van der Waals surface area contributed by atoms with Gasteiger partial charge in [0.25, 0.3) is 0 Å². The van der Waals surface area contributed by atoms with Crippen LogP contribution in [-0.2, 0) is 18.5 Å². The topological polar surface area (TPSA) is 29.9 Å². The summed E-state index contributed by atoms with van der Waals surface area (Å²) in [4.78, 5) is 5.74. The van der Waals surface area contributed by atoms with Crippen molar-refractivity contribution in [2.45, 2.75) is 46.2 Å². The molecule has 0 saturated heterocycles. The van der Waals surface area contributed by atoms with Gasteiger partial charge in [-0.05, 0) is 23.9 Å².